The van der Waals surface area contributed by atoms with Crippen molar-refractivity contribution in [2.45, 2.75) is 76.7 Å². The van der Waals surface area contributed by atoms with Gasteiger partial charge in [-0.1, -0.05) is 31.6 Å². The number of aryl methyl sites for hydroxylation is 1. The van der Waals surface area contributed by atoms with E-state index in [-0.39, 0.29) is 23.4 Å². The molecule has 0 heterocycles. The minimum atomic E-state index is 0.0293. The van der Waals surface area contributed by atoms with Crippen LogP contribution in [0.5, 0.6) is 5.75 Å². The Morgan fingerprint density at radius 1 is 1.10 bits per heavy atom. The van der Waals surface area contributed by atoms with Crippen LogP contribution in [0.4, 0.5) is 0 Å². The number of rotatable bonds is 4. The van der Waals surface area contributed by atoms with E-state index in [9.17, 15) is 4.79 Å². The van der Waals surface area contributed by atoms with Gasteiger partial charge in [0.2, 0.25) is 0 Å². The Labute approximate surface area is 181 Å². The van der Waals surface area contributed by atoms with Crippen LogP contribution in [-0.2, 0) is 14.9 Å². The highest BCUT2D eigenvalue weighted by Gasteiger charge is 2.51. The Morgan fingerprint density at radius 2 is 1.93 bits per heavy atom. The Morgan fingerprint density at radius 3 is 2.67 bits per heavy atom. The first-order valence-corrected chi connectivity index (χ1v) is 12.0. The summed E-state index contributed by atoms with van der Waals surface area (Å²) in [5, 5.41) is 0. The van der Waals surface area contributed by atoms with Crippen LogP contribution in [0.2, 0.25) is 0 Å². The Balaban J connectivity index is 1.44. The highest BCUT2D eigenvalue weighted by molar-refractivity contribution is 5.74. The van der Waals surface area contributed by atoms with E-state index >= 15 is 0 Å². The van der Waals surface area contributed by atoms with Crippen molar-refractivity contribution >= 4 is 5.97 Å². The molecule has 3 heteroatoms. The van der Waals surface area contributed by atoms with Crippen LogP contribution in [0.3, 0.4) is 0 Å². The first-order chi connectivity index (χ1) is 14.5. The van der Waals surface area contributed by atoms with Crippen molar-refractivity contribution < 1.29 is 14.3 Å². The molecule has 7 atom stereocenters. The van der Waals surface area contributed by atoms with E-state index in [1.165, 1.54) is 36.8 Å². The number of hydrogen-bond acceptors (Lipinski definition) is 3. The second-order valence-electron chi connectivity index (χ2n) is 10.6. The van der Waals surface area contributed by atoms with Crippen molar-refractivity contribution in [2.75, 3.05) is 7.11 Å². The van der Waals surface area contributed by atoms with Crippen molar-refractivity contribution in [3.63, 3.8) is 0 Å². The molecule has 30 heavy (non-hydrogen) atoms. The number of allylic oxidation sites excluding steroid dienone is 2. The van der Waals surface area contributed by atoms with E-state index in [1.54, 1.807) is 7.11 Å². The van der Waals surface area contributed by atoms with Gasteiger partial charge in [0, 0.05) is 5.92 Å². The van der Waals surface area contributed by atoms with Gasteiger partial charge in [-0.3, -0.25) is 4.79 Å². The molecule has 0 saturated heterocycles. The van der Waals surface area contributed by atoms with E-state index in [0.717, 1.165) is 31.4 Å². The molecule has 1 aromatic carbocycles. The van der Waals surface area contributed by atoms with Crippen LogP contribution in [0.1, 0.15) is 69.4 Å². The zero-order chi connectivity index (χ0) is 20.9. The van der Waals surface area contributed by atoms with Gasteiger partial charge >= 0.3 is 5.97 Å². The van der Waals surface area contributed by atoms with E-state index in [2.05, 4.69) is 44.2 Å². The molecule has 0 amide bonds. The maximum atomic E-state index is 13.2. The van der Waals surface area contributed by atoms with Gasteiger partial charge in [-0.15, -0.1) is 0 Å². The number of hydrogen-bond donors (Lipinski definition) is 0. The molecule has 3 fully saturated rings. The first-order valence-electron chi connectivity index (χ1n) is 12.0. The highest BCUT2D eigenvalue weighted by Crippen LogP contribution is 2.54. The molecule has 1 aromatic rings. The van der Waals surface area contributed by atoms with Gasteiger partial charge < -0.3 is 9.47 Å². The molecule has 4 aliphatic rings. The first kappa shape index (κ1) is 20.2. The summed E-state index contributed by atoms with van der Waals surface area (Å²) in [7, 11) is 1.75. The van der Waals surface area contributed by atoms with Gasteiger partial charge in [0.05, 0.1) is 13.0 Å². The van der Waals surface area contributed by atoms with Gasteiger partial charge in [0.25, 0.3) is 0 Å². The smallest absolute Gasteiger partial charge is 0.309 e. The fourth-order valence-electron chi connectivity index (χ4n) is 7.47. The molecular weight excluding hydrogens is 372 g/mol. The number of carbonyl (C=O) groups is 1. The number of benzene rings is 1. The van der Waals surface area contributed by atoms with Crippen LogP contribution in [0.15, 0.2) is 30.4 Å². The zero-order valence-corrected chi connectivity index (χ0v) is 18.7. The standard InChI is InChI=1S/C27H36O3/c1-17-9-12-21(29-3)16-23(17)27(2)13-5-7-19-6-4-8-24(25(19)27)30-26(28)22-15-18-10-11-20(22)14-18/h9-12,16,18-20,22,24-25H,4-8,13-15H2,1-3H3/t18-,19-,20+,22-,24-,25-,27-/m1/s1. The lowest BCUT2D eigenvalue weighted by atomic mass is 9.54. The van der Waals surface area contributed by atoms with Gasteiger partial charge in [-0.05, 0) is 98.3 Å². The average molecular weight is 409 g/mol. The Bertz CT molecular complexity index is 841. The van der Waals surface area contributed by atoms with Gasteiger partial charge in [-0.25, -0.2) is 0 Å². The molecule has 0 N–H and O–H groups in total. The van der Waals surface area contributed by atoms with Crippen LogP contribution in [-0.4, -0.2) is 19.2 Å². The van der Waals surface area contributed by atoms with E-state index in [0.29, 0.717) is 23.7 Å². The Kier molecular flexibility index (Phi) is 5.19. The summed E-state index contributed by atoms with van der Waals surface area (Å²) in [5.74, 6) is 3.18. The quantitative estimate of drug-likeness (QED) is 0.454. The monoisotopic (exact) mass is 408 g/mol. The largest absolute Gasteiger partial charge is 0.497 e. The summed E-state index contributed by atoms with van der Waals surface area (Å²) in [5.41, 5.74) is 2.75. The summed E-state index contributed by atoms with van der Waals surface area (Å²) >= 11 is 0. The SMILES string of the molecule is COc1ccc(C)c([C@@]2(C)CCC[C@H]3CCC[C@@H](OC(=O)[C@@H]4C[C@@H]5C=C[C@H]4C5)[C@@H]32)c1. The van der Waals surface area contributed by atoms with Crippen LogP contribution in [0.25, 0.3) is 0 Å². The number of fused-ring (bicyclic) bond motifs is 3. The molecular formula is C27H36O3. The summed E-state index contributed by atoms with van der Waals surface area (Å²) in [6, 6.07) is 6.49. The molecule has 3 saturated carbocycles. The number of carbonyl (C=O) groups excluding carboxylic acids is 1. The van der Waals surface area contributed by atoms with Gasteiger partial charge in [0.15, 0.2) is 0 Å². The maximum Gasteiger partial charge on any atom is 0.309 e. The zero-order valence-electron chi connectivity index (χ0n) is 18.7. The maximum absolute atomic E-state index is 13.2. The van der Waals surface area contributed by atoms with Crippen molar-refractivity contribution in [1.82, 2.24) is 0 Å². The highest BCUT2D eigenvalue weighted by atomic mass is 16.5. The third-order valence-corrected chi connectivity index (χ3v) is 8.89. The number of methoxy groups -OCH3 is 1. The Hall–Kier alpha value is -1.77. The van der Waals surface area contributed by atoms with E-state index in [1.807, 2.05) is 0 Å². The summed E-state index contributed by atoms with van der Waals surface area (Å²) in [6.07, 6.45) is 13.9. The molecule has 3 nitrogen and oxygen atoms in total. The van der Waals surface area contributed by atoms with Gasteiger partial charge in [0.1, 0.15) is 11.9 Å². The summed E-state index contributed by atoms with van der Waals surface area (Å²) < 4.78 is 12.0. The lowest BCUT2D eigenvalue weighted by molar-refractivity contribution is -0.165. The predicted octanol–water partition coefficient (Wildman–Crippen LogP) is 5.99. The van der Waals surface area contributed by atoms with Crippen molar-refractivity contribution in [2.24, 2.45) is 29.6 Å². The predicted molar refractivity (Wildman–Crippen MR) is 118 cm³/mol. The average Bonchev–Trinajstić information content (AvgIpc) is 3.38. The number of ether oxygens (including phenoxy) is 2. The van der Waals surface area contributed by atoms with Crippen molar-refractivity contribution in [3.05, 3.63) is 41.5 Å². The van der Waals surface area contributed by atoms with E-state index < -0.39 is 0 Å². The summed E-state index contributed by atoms with van der Waals surface area (Å²) in [6.45, 7) is 4.65. The molecule has 4 aliphatic carbocycles. The fraction of sp³-hybridized carbons (Fsp3) is 0.667. The molecule has 0 unspecified atom stereocenters. The second-order valence-corrected chi connectivity index (χ2v) is 10.6. The molecule has 0 radical (unpaired) electrons. The lowest BCUT2D eigenvalue weighted by Gasteiger charge is -2.52. The van der Waals surface area contributed by atoms with Crippen molar-refractivity contribution in [1.29, 1.82) is 0 Å². The topological polar surface area (TPSA) is 35.5 Å². The third kappa shape index (κ3) is 3.29. The molecule has 0 aliphatic heterocycles. The minimum Gasteiger partial charge on any atom is -0.497 e. The van der Waals surface area contributed by atoms with Crippen molar-refractivity contribution in [3.8, 4) is 5.75 Å². The minimum absolute atomic E-state index is 0.0293. The molecule has 2 bridgehead atoms. The third-order valence-electron chi connectivity index (χ3n) is 8.89. The fourth-order valence-corrected chi connectivity index (χ4v) is 7.47. The lowest BCUT2D eigenvalue weighted by Crippen LogP contribution is -2.51. The molecule has 162 valence electrons. The van der Waals surface area contributed by atoms with Crippen LogP contribution < -0.4 is 4.74 Å². The molecule has 0 spiro atoms. The van der Waals surface area contributed by atoms with Crippen LogP contribution >= 0.6 is 0 Å². The molecule has 0 aromatic heterocycles. The van der Waals surface area contributed by atoms with Gasteiger partial charge in [-0.2, -0.15) is 0 Å². The summed E-state index contributed by atoms with van der Waals surface area (Å²) in [4.78, 5) is 13.2. The number of esters is 1. The normalized spacial score (nSPS) is 39.6. The van der Waals surface area contributed by atoms with E-state index in [4.69, 9.17) is 9.47 Å². The molecule has 5 rings (SSSR count). The second kappa shape index (κ2) is 7.73. The van der Waals surface area contributed by atoms with Crippen LogP contribution in [0, 0.1) is 36.5 Å².